The molecule has 0 saturated carbocycles. The summed E-state index contributed by atoms with van der Waals surface area (Å²) in [6.45, 7) is 6.09. The Morgan fingerprint density at radius 1 is 1.26 bits per heavy atom. The van der Waals surface area contributed by atoms with E-state index in [2.05, 4.69) is 33.7 Å². The van der Waals surface area contributed by atoms with Crippen LogP contribution in [0.5, 0.6) is 5.75 Å². The Morgan fingerprint density at radius 2 is 1.96 bits per heavy atom. The number of amides is 1. The Morgan fingerprint density at radius 3 is 2.70 bits per heavy atom. The largest absolute Gasteiger partial charge is 0.480 e. The average molecular weight is 392 g/mol. The van der Waals surface area contributed by atoms with Gasteiger partial charge >= 0.3 is 0 Å². The predicted molar refractivity (Wildman–Crippen MR) is 106 cm³/mol. The zero-order chi connectivity index (χ0) is 18.3. The molecule has 7 nitrogen and oxygen atoms in total. The molecule has 8 heteroatoms. The highest BCUT2D eigenvalue weighted by molar-refractivity contribution is 5.93. The molecule has 1 atom stereocenters. The van der Waals surface area contributed by atoms with Gasteiger partial charge in [0.05, 0.1) is 0 Å². The fourth-order valence-electron chi connectivity index (χ4n) is 3.62. The number of hydrogen-bond acceptors (Lipinski definition) is 5. The summed E-state index contributed by atoms with van der Waals surface area (Å²) < 4.78 is 7.51. The normalized spacial score (nSPS) is 19.1. The third-order valence-electron chi connectivity index (χ3n) is 5.36. The number of rotatable bonds is 3. The van der Waals surface area contributed by atoms with Gasteiger partial charge in [-0.2, -0.15) is 10.1 Å². The van der Waals surface area contributed by atoms with E-state index in [0.29, 0.717) is 18.3 Å². The first-order valence-corrected chi connectivity index (χ1v) is 9.20. The Kier molecular flexibility index (Phi) is 5.72. The van der Waals surface area contributed by atoms with E-state index >= 15 is 0 Å². The quantitative estimate of drug-likeness (QED) is 0.838. The molecular formula is C19H26ClN5O2. The first-order chi connectivity index (χ1) is 12.5. The Labute approximate surface area is 165 Å². The molecule has 0 bridgehead atoms. The van der Waals surface area contributed by atoms with Gasteiger partial charge < -0.3 is 10.1 Å². The van der Waals surface area contributed by atoms with Crippen molar-refractivity contribution in [1.82, 2.24) is 20.1 Å². The number of nitrogens with one attached hydrogen (secondary N) is 2. The number of nitrogens with zero attached hydrogens (tertiary/aromatic N) is 3. The highest BCUT2D eigenvalue weighted by atomic mass is 35.5. The molecule has 146 valence electrons. The van der Waals surface area contributed by atoms with Crippen LogP contribution in [-0.2, 0) is 18.3 Å². The van der Waals surface area contributed by atoms with E-state index in [0.717, 1.165) is 43.1 Å². The fourth-order valence-corrected chi connectivity index (χ4v) is 3.62. The molecule has 3 heterocycles. The number of carbonyl (C=O) groups is 1. The van der Waals surface area contributed by atoms with Crippen molar-refractivity contribution in [3.8, 4) is 5.75 Å². The standard InChI is InChI=1S/C19H25N5O2.ClH/c1-11-8-14-10-16(26-15(14)9-12(11)2)18(25)22-19-21-17(23-24(19)3)13-4-6-20-7-5-13;/h8-9,13,16,20H,4-7,10H2,1-3H3,(H,21,22,23,25);1H. The molecule has 1 amide bonds. The van der Waals surface area contributed by atoms with Crippen molar-refractivity contribution in [2.75, 3.05) is 18.4 Å². The van der Waals surface area contributed by atoms with E-state index in [1.54, 1.807) is 4.68 Å². The van der Waals surface area contributed by atoms with Crippen LogP contribution in [0.3, 0.4) is 0 Å². The number of halogens is 1. The first kappa shape index (κ1) is 19.6. The van der Waals surface area contributed by atoms with Crippen LogP contribution in [0.4, 0.5) is 5.95 Å². The number of piperidine rings is 1. The van der Waals surface area contributed by atoms with Crippen LogP contribution in [0.2, 0.25) is 0 Å². The maximum Gasteiger partial charge on any atom is 0.268 e. The molecular weight excluding hydrogens is 366 g/mol. The minimum Gasteiger partial charge on any atom is -0.480 e. The van der Waals surface area contributed by atoms with Crippen LogP contribution in [0.1, 0.15) is 41.3 Å². The highest BCUT2D eigenvalue weighted by Gasteiger charge is 2.31. The summed E-state index contributed by atoms with van der Waals surface area (Å²) >= 11 is 0. The van der Waals surface area contributed by atoms with E-state index in [1.165, 1.54) is 11.1 Å². The number of carbonyl (C=O) groups excluding carboxylic acids is 1. The summed E-state index contributed by atoms with van der Waals surface area (Å²) in [4.78, 5) is 17.2. The van der Waals surface area contributed by atoms with Crippen LogP contribution in [0.15, 0.2) is 12.1 Å². The van der Waals surface area contributed by atoms with Gasteiger partial charge in [0.25, 0.3) is 5.91 Å². The van der Waals surface area contributed by atoms with E-state index in [9.17, 15) is 4.79 Å². The lowest BCUT2D eigenvalue weighted by molar-refractivity contribution is -0.122. The smallest absolute Gasteiger partial charge is 0.268 e. The van der Waals surface area contributed by atoms with Crippen molar-refractivity contribution in [3.05, 3.63) is 34.6 Å². The number of ether oxygens (including phenoxy) is 1. The lowest BCUT2D eigenvalue weighted by Gasteiger charge is -2.19. The average Bonchev–Trinajstić information content (AvgIpc) is 3.20. The summed E-state index contributed by atoms with van der Waals surface area (Å²) in [5.41, 5.74) is 3.47. The van der Waals surface area contributed by atoms with Gasteiger partial charge in [-0.15, -0.1) is 12.4 Å². The third kappa shape index (κ3) is 3.94. The molecule has 27 heavy (non-hydrogen) atoms. The molecule has 4 rings (SSSR count). The lowest BCUT2D eigenvalue weighted by atomic mass is 9.98. The highest BCUT2D eigenvalue weighted by Crippen LogP contribution is 2.32. The summed E-state index contributed by atoms with van der Waals surface area (Å²) in [6.07, 6.45) is 2.11. The minimum absolute atomic E-state index is 0. The number of aryl methyl sites for hydroxylation is 3. The molecule has 0 aliphatic carbocycles. The second-order valence-electron chi connectivity index (χ2n) is 7.29. The van der Waals surface area contributed by atoms with Crippen molar-refractivity contribution in [3.63, 3.8) is 0 Å². The van der Waals surface area contributed by atoms with E-state index in [4.69, 9.17) is 4.74 Å². The van der Waals surface area contributed by atoms with Crippen LogP contribution in [0, 0.1) is 13.8 Å². The number of hydrogen-bond donors (Lipinski definition) is 2. The Balaban J connectivity index is 0.00000210. The molecule has 1 saturated heterocycles. The maximum absolute atomic E-state index is 12.7. The van der Waals surface area contributed by atoms with Crippen molar-refractivity contribution in [2.45, 2.75) is 45.1 Å². The lowest BCUT2D eigenvalue weighted by Crippen LogP contribution is -2.32. The molecule has 2 aliphatic heterocycles. The second-order valence-corrected chi connectivity index (χ2v) is 7.29. The van der Waals surface area contributed by atoms with E-state index < -0.39 is 6.10 Å². The van der Waals surface area contributed by atoms with E-state index in [-0.39, 0.29) is 18.3 Å². The fraction of sp³-hybridized carbons (Fsp3) is 0.526. The molecule has 1 fully saturated rings. The Bertz CT molecular complexity index is 814. The zero-order valence-corrected chi connectivity index (χ0v) is 16.7. The van der Waals surface area contributed by atoms with Gasteiger partial charge in [-0.05, 0) is 62.5 Å². The molecule has 0 spiro atoms. The molecule has 2 N–H and O–H groups in total. The topological polar surface area (TPSA) is 81.1 Å². The number of fused-ring (bicyclic) bond motifs is 1. The Hall–Kier alpha value is -2.12. The second kappa shape index (κ2) is 7.86. The summed E-state index contributed by atoms with van der Waals surface area (Å²) in [5.74, 6) is 2.28. The zero-order valence-electron chi connectivity index (χ0n) is 15.9. The number of aromatic nitrogens is 3. The van der Waals surface area contributed by atoms with Gasteiger partial charge in [-0.1, -0.05) is 6.07 Å². The molecule has 2 aromatic rings. The van der Waals surface area contributed by atoms with Crippen molar-refractivity contribution < 1.29 is 9.53 Å². The van der Waals surface area contributed by atoms with Gasteiger partial charge in [-0.25, -0.2) is 4.68 Å². The molecule has 1 unspecified atom stereocenters. The van der Waals surface area contributed by atoms with Crippen LogP contribution in [-0.4, -0.2) is 39.9 Å². The van der Waals surface area contributed by atoms with E-state index in [1.807, 2.05) is 20.0 Å². The van der Waals surface area contributed by atoms with Gasteiger partial charge in [0.15, 0.2) is 11.9 Å². The molecule has 1 aromatic carbocycles. The molecule has 0 radical (unpaired) electrons. The van der Waals surface area contributed by atoms with Crippen LogP contribution in [0.25, 0.3) is 0 Å². The van der Waals surface area contributed by atoms with Gasteiger partial charge in [-0.3, -0.25) is 10.1 Å². The van der Waals surface area contributed by atoms with Crippen molar-refractivity contribution >= 4 is 24.3 Å². The molecule has 1 aromatic heterocycles. The SMILES string of the molecule is Cc1cc2c(cc1C)OC(C(=O)Nc1nc(C3CCNCC3)nn1C)C2.Cl. The summed E-state index contributed by atoms with van der Waals surface area (Å²) in [6, 6.07) is 4.12. The predicted octanol–water partition coefficient (Wildman–Crippen LogP) is 2.26. The van der Waals surface area contributed by atoms with Crippen molar-refractivity contribution in [2.24, 2.45) is 7.05 Å². The third-order valence-corrected chi connectivity index (χ3v) is 5.36. The van der Waals surface area contributed by atoms with Gasteiger partial charge in [0.1, 0.15) is 5.75 Å². The maximum atomic E-state index is 12.7. The molecule has 2 aliphatic rings. The van der Waals surface area contributed by atoms with Gasteiger partial charge in [0, 0.05) is 19.4 Å². The summed E-state index contributed by atoms with van der Waals surface area (Å²) in [5, 5.41) is 10.7. The minimum atomic E-state index is -0.523. The van der Waals surface area contributed by atoms with Crippen LogP contribution >= 0.6 is 12.4 Å². The monoisotopic (exact) mass is 391 g/mol. The first-order valence-electron chi connectivity index (χ1n) is 9.20. The number of anilines is 1. The van der Waals surface area contributed by atoms with Gasteiger partial charge in [0.2, 0.25) is 5.95 Å². The van der Waals surface area contributed by atoms with Crippen LogP contribution < -0.4 is 15.4 Å². The number of benzene rings is 1. The summed E-state index contributed by atoms with van der Waals surface area (Å²) in [7, 11) is 1.81. The van der Waals surface area contributed by atoms with Crippen molar-refractivity contribution in [1.29, 1.82) is 0 Å².